The van der Waals surface area contributed by atoms with Crippen molar-refractivity contribution in [1.82, 2.24) is 40.8 Å². The lowest BCUT2D eigenvalue weighted by molar-refractivity contribution is 0.319. The van der Waals surface area contributed by atoms with Crippen LogP contribution in [-0.4, -0.2) is 35.5 Å². The van der Waals surface area contributed by atoms with Gasteiger partial charge in [0.2, 0.25) is 11.7 Å². The Labute approximate surface area is 106 Å². The third-order valence-electron chi connectivity index (χ3n) is 3.11. The molecule has 4 rings (SSSR count). The van der Waals surface area contributed by atoms with Crippen molar-refractivity contribution < 1.29 is 4.52 Å². The molecule has 0 aliphatic carbocycles. The minimum Gasteiger partial charge on any atom is -0.347 e. The summed E-state index contributed by atoms with van der Waals surface area (Å²) >= 11 is 0. The SMILES string of the molecule is c1nc2c([nH]1)CNC(c1nc(-c3cn[nH]n3)no1)C2. The molecule has 3 aromatic rings. The van der Waals surface area contributed by atoms with Crippen LogP contribution in [0.15, 0.2) is 17.0 Å². The Bertz CT molecular complexity index is 684. The largest absolute Gasteiger partial charge is 0.347 e. The number of aromatic nitrogens is 7. The lowest BCUT2D eigenvalue weighted by Gasteiger charge is -2.19. The molecular weight excluding hydrogens is 248 g/mol. The van der Waals surface area contributed by atoms with Gasteiger partial charge < -0.3 is 9.51 Å². The highest BCUT2D eigenvalue weighted by Gasteiger charge is 2.26. The fourth-order valence-corrected chi connectivity index (χ4v) is 2.13. The Balaban J connectivity index is 1.61. The normalized spacial score (nSPS) is 18.4. The average Bonchev–Trinajstić information content (AvgIpc) is 3.18. The zero-order valence-electron chi connectivity index (χ0n) is 9.79. The van der Waals surface area contributed by atoms with Crippen molar-refractivity contribution in [2.45, 2.75) is 19.0 Å². The zero-order chi connectivity index (χ0) is 12.7. The minimum absolute atomic E-state index is 0.0241. The van der Waals surface area contributed by atoms with Gasteiger partial charge in [0.05, 0.1) is 30.0 Å². The van der Waals surface area contributed by atoms with Crippen molar-refractivity contribution in [2.24, 2.45) is 0 Å². The lowest BCUT2D eigenvalue weighted by Crippen LogP contribution is -2.28. The number of fused-ring (bicyclic) bond motifs is 1. The maximum atomic E-state index is 5.28. The molecule has 3 N–H and O–H groups in total. The number of nitrogens with one attached hydrogen (secondary N) is 3. The number of imidazole rings is 1. The summed E-state index contributed by atoms with van der Waals surface area (Å²) in [5.41, 5.74) is 2.70. The molecule has 0 spiro atoms. The van der Waals surface area contributed by atoms with Crippen molar-refractivity contribution in [3.05, 3.63) is 29.8 Å². The predicted octanol–water partition coefficient (Wildman–Crippen LogP) is -0.0352. The van der Waals surface area contributed by atoms with Crippen LogP contribution in [0.3, 0.4) is 0 Å². The van der Waals surface area contributed by atoms with Gasteiger partial charge in [-0.15, -0.1) is 0 Å². The van der Waals surface area contributed by atoms with Crippen LogP contribution in [0.2, 0.25) is 0 Å². The smallest absolute Gasteiger partial charge is 0.244 e. The van der Waals surface area contributed by atoms with Crippen molar-refractivity contribution in [3.63, 3.8) is 0 Å². The molecule has 96 valence electrons. The molecule has 0 amide bonds. The maximum Gasteiger partial charge on any atom is 0.244 e. The zero-order valence-corrected chi connectivity index (χ0v) is 9.79. The molecule has 4 heterocycles. The van der Waals surface area contributed by atoms with Crippen LogP contribution in [0, 0.1) is 0 Å². The van der Waals surface area contributed by atoms with E-state index < -0.39 is 0 Å². The Hall–Kier alpha value is -2.55. The van der Waals surface area contributed by atoms with E-state index in [0.29, 0.717) is 24.0 Å². The van der Waals surface area contributed by atoms with Crippen LogP contribution in [-0.2, 0) is 13.0 Å². The molecule has 0 aromatic carbocycles. The predicted molar refractivity (Wildman–Crippen MR) is 61.5 cm³/mol. The Morgan fingerprint density at radius 1 is 1.37 bits per heavy atom. The second kappa shape index (κ2) is 3.99. The van der Waals surface area contributed by atoms with Crippen LogP contribution in [0.25, 0.3) is 11.5 Å². The Morgan fingerprint density at radius 2 is 2.37 bits per heavy atom. The fraction of sp³-hybridized carbons (Fsp3) is 0.300. The van der Waals surface area contributed by atoms with E-state index in [0.717, 1.165) is 17.8 Å². The van der Waals surface area contributed by atoms with Gasteiger partial charge in [-0.1, -0.05) is 5.16 Å². The quantitative estimate of drug-likeness (QED) is 0.589. The molecule has 0 radical (unpaired) electrons. The van der Waals surface area contributed by atoms with E-state index in [1.807, 2.05) is 0 Å². The van der Waals surface area contributed by atoms with E-state index >= 15 is 0 Å². The molecule has 1 unspecified atom stereocenters. The highest BCUT2D eigenvalue weighted by atomic mass is 16.5. The molecule has 0 bridgehead atoms. The first kappa shape index (κ1) is 10.4. The minimum atomic E-state index is -0.0241. The first-order valence-corrected chi connectivity index (χ1v) is 5.84. The molecule has 0 saturated carbocycles. The van der Waals surface area contributed by atoms with Crippen LogP contribution < -0.4 is 5.32 Å². The Morgan fingerprint density at radius 3 is 3.26 bits per heavy atom. The number of nitrogens with zero attached hydrogens (tertiary/aromatic N) is 5. The van der Waals surface area contributed by atoms with Crippen molar-refractivity contribution in [1.29, 1.82) is 0 Å². The third-order valence-corrected chi connectivity index (χ3v) is 3.11. The van der Waals surface area contributed by atoms with E-state index in [1.54, 1.807) is 12.5 Å². The molecule has 9 nitrogen and oxygen atoms in total. The summed E-state index contributed by atoms with van der Waals surface area (Å²) in [6.45, 7) is 0.710. The van der Waals surface area contributed by atoms with Gasteiger partial charge in [0.25, 0.3) is 0 Å². The molecule has 9 heteroatoms. The second-order valence-electron chi connectivity index (χ2n) is 4.28. The average molecular weight is 258 g/mol. The fourth-order valence-electron chi connectivity index (χ4n) is 2.13. The number of hydrogen-bond donors (Lipinski definition) is 3. The second-order valence-corrected chi connectivity index (χ2v) is 4.28. The van der Waals surface area contributed by atoms with Gasteiger partial charge >= 0.3 is 0 Å². The summed E-state index contributed by atoms with van der Waals surface area (Å²) in [4.78, 5) is 11.7. The van der Waals surface area contributed by atoms with Gasteiger partial charge in [0, 0.05) is 13.0 Å². The van der Waals surface area contributed by atoms with Gasteiger partial charge in [0.15, 0.2) is 5.69 Å². The highest BCUT2D eigenvalue weighted by molar-refractivity contribution is 5.44. The summed E-state index contributed by atoms with van der Waals surface area (Å²) < 4.78 is 5.28. The van der Waals surface area contributed by atoms with Crippen LogP contribution in [0.5, 0.6) is 0 Å². The van der Waals surface area contributed by atoms with Crippen molar-refractivity contribution in [2.75, 3.05) is 0 Å². The van der Waals surface area contributed by atoms with Gasteiger partial charge in [-0.25, -0.2) is 4.98 Å². The Kier molecular flexibility index (Phi) is 2.18. The summed E-state index contributed by atoms with van der Waals surface area (Å²) in [5.74, 6) is 0.963. The molecular formula is C10H10N8O. The summed E-state index contributed by atoms with van der Waals surface area (Å²) in [5, 5.41) is 17.4. The molecule has 0 fully saturated rings. The monoisotopic (exact) mass is 258 g/mol. The van der Waals surface area contributed by atoms with E-state index in [-0.39, 0.29) is 6.04 Å². The van der Waals surface area contributed by atoms with E-state index in [9.17, 15) is 0 Å². The van der Waals surface area contributed by atoms with E-state index in [1.165, 1.54) is 0 Å². The third kappa shape index (κ3) is 1.71. The van der Waals surface area contributed by atoms with E-state index in [4.69, 9.17) is 4.52 Å². The summed E-state index contributed by atoms with van der Waals surface area (Å²) in [6.07, 6.45) is 3.97. The molecule has 19 heavy (non-hydrogen) atoms. The molecule has 3 aromatic heterocycles. The number of rotatable bonds is 2. The molecule has 1 atom stereocenters. The van der Waals surface area contributed by atoms with Crippen molar-refractivity contribution in [3.8, 4) is 11.5 Å². The highest BCUT2D eigenvalue weighted by Crippen LogP contribution is 2.23. The first-order valence-electron chi connectivity index (χ1n) is 5.84. The first-order chi connectivity index (χ1) is 9.40. The molecule has 0 saturated heterocycles. The number of hydrogen-bond acceptors (Lipinski definition) is 7. The van der Waals surface area contributed by atoms with Crippen LogP contribution in [0.1, 0.15) is 23.3 Å². The van der Waals surface area contributed by atoms with Crippen LogP contribution in [0.4, 0.5) is 0 Å². The molecule has 1 aliphatic heterocycles. The maximum absolute atomic E-state index is 5.28. The standard InChI is InChI=1S/C10H10N8O/c1-5-7(13-4-12-5)2-11-6(1)10-15-9(17-19-10)8-3-14-18-16-8/h3-4,6,11H,1-2H2,(H,12,13)(H,14,16,18). The van der Waals surface area contributed by atoms with Gasteiger partial charge in [-0.3, -0.25) is 5.32 Å². The van der Waals surface area contributed by atoms with Crippen molar-refractivity contribution >= 4 is 0 Å². The summed E-state index contributed by atoms with van der Waals surface area (Å²) in [6, 6.07) is -0.0241. The van der Waals surface area contributed by atoms with Gasteiger partial charge in [0.1, 0.15) is 0 Å². The lowest BCUT2D eigenvalue weighted by atomic mass is 10.1. The summed E-state index contributed by atoms with van der Waals surface area (Å²) in [7, 11) is 0. The van der Waals surface area contributed by atoms with Gasteiger partial charge in [-0.2, -0.15) is 20.4 Å². The van der Waals surface area contributed by atoms with Crippen LogP contribution >= 0.6 is 0 Å². The topological polar surface area (TPSA) is 121 Å². The van der Waals surface area contributed by atoms with Gasteiger partial charge in [-0.05, 0) is 0 Å². The number of aromatic amines is 2. The number of H-pyrrole nitrogens is 2. The van der Waals surface area contributed by atoms with E-state index in [2.05, 4.69) is 40.8 Å². The molecule has 1 aliphatic rings.